The molecule has 1 spiro atoms. The molecule has 3 aliphatic rings. The van der Waals surface area contributed by atoms with Gasteiger partial charge in [0.25, 0.3) is 0 Å². The van der Waals surface area contributed by atoms with Crippen LogP contribution in [0.5, 0.6) is 0 Å². The second-order valence-electron chi connectivity index (χ2n) is 12.8. The van der Waals surface area contributed by atoms with Gasteiger partial charge in [0.2, 0.25) is 17.7 Å². The van der Waals surface area contributed by atoms with Crippen LogP contribution < -0.4 is 5.32 Å². The van der Waals surface area contributed by atoms with Gasteiger partial charge in [-0.2, -0.15) is 0 Å². The number of hydrogen-bond acceptors (Lipinski definition) is 7. The Morgan fingerprint density at radius 2 is 1.93 bits per heavy atom. The summed E-state index contributed by atoms with van der Waals surface area (Å²) in [6.45, 7) is 13.8. The Balaban J connectivity index is 1.67. The Kier molecular flexibility index (Phi) is 12.2. The summed E-state index contributed by atoms with van der Waals surface area (Å²) in [5.41, 5.74) is -0.501. The molecule has 3 fully saturated rings. The number of aliphatic hydroxyl groups excluding tert-OH is 1. The molecule has 3 amide bonds. The Bertz CT molecular complexity index is 1250. The number of benzene rings is 1. The van der Waals surface area contributed by atoms with E-state index in [9.17, 15) is 24.3 Å². The average molecular weight is 638 g/mol. The van der Waals surface area contributed by atoms with E-state index in [4.69, 9.17) is 9.47 Å². The first-order valence-corrected chi connectivity index (χ1v) is 16.8. The minimum Gasteiger partial charge on any atom is -0.455 e. The molecule has 0 radical (unpaired) electrons. The highest BCUT2D eigenvalue weighted by Crippen LogP contribution is 2.59. The lowest BCUT2D eigenvalue weighted by molar-refractivity contribution is -0.162. The third-order valence-electron chi connectivity index (χ3n) is 9.80. The van der Waals surface area contributed by atoms with Crippen LogP contribution in [0.1, 0.15) is 83.8 Å². The summed E-state index contributed by atoms with van der Waals surface area (Å²) in [6, 6.07) is 7.06. The van der Waals surface area contributed by atoms with E-state index >= 15 is 0 Å². The molecule has 10 heteroatoms. The lowest BCUT2D eigenvalue weighted by Crippen LogP contribution is -2.58. The number of nitrogens with zero attached hydrogens (tertiary/aromatic N) is 2. The zero-order valence-electron chi connectivity index (χ0n) is 27.6. The van der Waals surface area contributed by atoms with Gasteiger partial charge in [-0.05, 0) is 44.6 Å². The molecule has 46 heavy (non-hydrogen) atoms. The number of ether oxygens (including phenoxy) is 2. The van der Waals surface area contributed by atoms with Crippen molar-refractivity contribution in [1.82, 2.24) is 15.1 Å². The molecule has 252 valence electrons. The van der Waals surface area contributed by atoms with E-state index in [2.05, 4.69) is 25.4 Å². The largest absolute Gasteiger partial charge is 0.455 e. The van der Waals surface area contributed by atoms with Gasteiger partial charge in [-0.1, -0.05) is 69.2 Å². The number of aliphatic hydroxyl groups is 1. The van der Waals surface area contributed by atoms with Crippen LogP contribution in [0.25, 0.3) is 0 Å². The summed E-state index contributed by atoms with van der Waals surface area (Å²) in [6.07, 6.45) is 6.87. The number of unbranched alkanes of at least 4 members (excludes halogenated alkanes) is 2. The zero-order chi connectivity index (χ0) is 33.4. The van der Waals surface area contributed by atoms with E-state index in [1.807, 2.05) is 37.3 Å². The van der Waals surface area contributed by atoms with E-state index in [0.29, 0.717) is 44.3 Å². The van der Waals surface area contributed by atoms with Gasteiger partial charge < -0.3 is 29.7 Å². The minimum atomic E-state index is -1.21. The second-order valence-corrected chi connectivity index (χ2v) is 12.8. The summed E-state index contributed by atoms with van der Waals surface area (Å²) < 4.78 is 12.8. The molecular formula is C36H51N3O7. The highest BCUT2D eigenvalue weighted by molar-refractivity contribution is 5.98. The first-order valence-electron chi connectivity index (χ1n) is 16.8. The number of fused-ring (bicyclic) bond motifs is 1. The molecule has 8 atom stereocenters. The van der Waals surface area contributed by atoms with Crippen molar-refractivity contribution in [1.29, 1.82) is 0 Å². The summed E-state index contributed by atoms with van der Waals surface area (Å²) in [7, 11) is 0. The summed E-state index contributed by atoms with van der Waals surface area (Å²) >= 11 is 0. The van der Waals surface area contributed by atoms with Crippen molar-refractivity contribution in [2.24, 2.45) is 11.8 Å². The Hall–Kier alpha value is -3.50. The molecule has 3 saturated heterocycles. The summed E-state index contributed by atoms with van der Waals surface area (Å²) in [4.78, 5) is 58.9. The molecule has 2 N–H and O–H groups in total. The van der Waals surface area contributed by atoms with Crippen LogP contribution in [0.15, 0.2) is 55.6 Å². The van der Waals surface area contributed by atoms with E-state index in [1.165, 1.54) is 4.90 Å². The van der Waals surface area contributed by atoms with Crippen molar-refractivity contribution in [2.45, 2.75) is 108 Å². The predicted molar refractivity (Wildman–Crippen MR) is 174 cm³/mol. The van der Waals surface area contributed by atoms with E-state index in [0.717, 1.165) is 19.3 Å². The molecular weight excluding hydrogens is 586 g/mol. The number of carbonyl (C=O) groups excluding carboxylic acids is 4. The van der Waals surface area contributed by atoms with Gasteiger partial charge in [0.05, 0.1) is 36.6 Å². The van der Waals surface area contributed by atoms with Crippen LogP contribution in [0.4, 0.5) is 0 Å². The van der Waals surface area contributed by atoms with Gasteiger partial charge in [-0.3, -0.25) is 19.2 Å². The number of likely N-dealkylation sites (tertiary alicyclic amines) is 1. The van der Waals surface area contributed by atoms with Crippen LogP contribution in [0, 0.1) is 11.8 Å². The topological polar surface area (TPSA) is 125 Å². The molecule has 1 aromatic rings. The van der Waals surface area contributed by atoms with E-state index < -0.39 is 53.7 Å². The van der Waals surface area contributed by atoms with Crippen LogP contribution >= 0.6 is 0 Å². The quantitative estimate of drug-likeness (QED) is 0.141. The fourth-order valence-corrected chi connectivity index (χ4v) is 7.56. The minimum absolute atomic E-state index is 0.188. The Labute approximate surface area is 273 Å². The molecule has 2 bridgehead atoms. The number of amides is 3. The summed E-state index contributed by atoms with van der Waals surface area (Å²) in [5, 5.41) is 13.3. The lowest BCUT2D eigenvalue weighted by atomic mass is 9.70. The monoisotopic (exact) mass is 637 g/mol. The van der Waals surface area contributed by atoms with Gasteiger partial charge in [-0.15, -0.1) is 13.2 Å². The fourth-order valence-electron chi connectivity index (χ4n) is 7.56. The van der Waals surface area contributed by atoms with Crippen molar-refractivity contribution in [3.05, 3.63) is 61.2 Å². The maximum atomic E-state index is 14.4. The van der Waals surface area contributed by atoms with Crippen molar-refractivity contribution < 1.29 is 33.8 Å². The van der Waals surface area contributed by atoms with Gasteiger partial charge in [0.1, 0.15) is 17.7 Å². The normalized spacial score (nSPS) is 26.6. The SMILES string of the molecule is C=CCCC(=O)N[C@H](C)[C@@H](OC(=O)[C@@H]1[C@H]2C(=O)N([C@@H](CC)CO)[C@H](C(=O)N(CC=C)CCCCC)[C@]23CC[C@H]1O3)c1ccccc1. The highest BCUT2D eigenvalue weighted by atomic mass is 16.6. The standard InChI is InChI=1S/C36H51N3O7/c1-6-10-15-22-38(21-8-3)34(43)32-36-20-19-27(46-36)29(30(36)33(42)39(32)26(9-4)23-40)35(44)45-31(25-16-13-12-14-17-25)24(5)37-28(41)18-11-7-2/h7-8,12-14,16-17,24,26-27,29-32,40H,2-3,6,9-11,15,18-23H2,1,4-5H3,(H,37,41)/t24-,26+,27-,29+,30+,31-,32-,36+/m1/s1. The van der Waals surface area contributed by atoms with Crippen LogP contribution in [-0.4, -0.2) is 88.1 Å². The molecule has 1 aromatic carbocycles. The van der Waals surface area contributed by atoms with Gasteiger partial charge in [-0.25, -0.2) is 0 Å². The number of hydrogen-bond donors (Lipinski definition) is 2. The molecule has 3 aliphatic heterocycles. The first-order chi connectivity index (χ1) is 22.2. The van der Waals surface area contributed by atoms with Gasteiger partial charge in [0.15, 0.2) is 0 Å². The second kappa shape index (κ2) is 15.9. The molecule has 0 unspecified atom stereocenters. The van der Waals surface area contributed by atoms with Crippen molar-refractivity contribution in [2.75, 3.05) is 19.7 Å². The van der Waals surface area contributed by atoms with Gasteiger partial charge in [0, 0.05) is 19.5 Å². The fraction of sp³-hybridized carbons (Fsp3) is 0.611. The van der Waals surface area contributed by atoms with Crippen LogP contribution in [0.2, 0.25) is 0 Å². The van der Waals surface area contributed by atoms with Crippen molar-refractivity contribution in [3.8, 4) is 0 Å². The van der Waals surface area contributed by atoms with E-state index in [1.54, 1.807) is 24.0 Å². The maximum Gasteiger partial charge on any atom is 0.313 e. The lowest BCUT2D eigenvalue weighted by Gasteiger charge is -2.39. The number of allylic oxidation sites excluding steroid dienone is 1. The molecule has 10 nitrogen and oxygen atoms in total. The number of rotatable bonds is 18. The van der Waals surface area contributed by atoms with Crippen molar-refractivity contribution >= 4 is 23.7 Å². The van der Waals surface area contributed by atoms with Crippen molar-refractivity contribution in [3.63, 3.8) is 0 Å². The van der Waals surface area contributed by atoms with Crippen LogP contribution in [0.3, 0.4) is 0 Å². The number of carbonyl (C=O) groups is 4. The predicted octanol–water partition coefficient (Wildman–Crippen LogP) is 4.09. The Morgan fingerprint density at radius 3 is 2.57 bits per heavy atom. The highest BCUT2D eigenvalue weighted by Gasteiger charge is 2.75. The summed E-state index contributed by atoms with van der Waals surface area (Å²) in [5.74, 6) is -3.25. The molecule has 0 saturated carbocycles. The Morgan fingerprint density at radius 1 is 1.20 bits per heavy atom. The van der Waals surface area contributed by atoms with Crippen LogP contribution in [-0.2, 0) is 28.7 Å². The smallest absolute Gasteiger partial charge is 0.313 e. The third-order valence-corrected chi connectivity index (χ3v) is 9.80. The van der Waals surface area contributed by atoms with Gasteiger partial charge >= 0.3 is 5.97 Å². The maximum absolute atomic E-state index is 14.4. The molecule has 0 aliphatic carbocycles. The number of esters is 1. The first kappa shape index (κ1) is 35.4. The molecule has 0 aromatic heterocycles. The molecule has 3 heterocycles. The third kappa shape index (κ3) is 6.93. The zero-order valence-corrected chi connectivity index (χ0v) is 27.6. The number of nitrogens with one attached hydrogen (secondary N) is 1. The average Bonchev–Trinajstić information content (AvgIpc) is 3.70. The molecule has 4 rings (SSSR count). The van der Waals surface area contributed by atoms with E-state index in [-0.39, 0.29) is 30.7 Å².